The summed E-state index contributed by atoms with van der Waals surface area (Å²) < 4.78 is 1.43. The molecule has 0 atom stereocenters. The number of amides is 1. The molecule has 0 aliphatic heterocycles. The maximum Gasteiger partial charge on any atom is 0.259 e. The lowest BCUT2D eigenvalue weighted by Gasteiger charge is -2.10. The highest BCUT2D eigenvalue weighted by atomic mass is 79.9. The van der Waals surface area contributed by atoms with Crippen LogP contribution < -0.4 is 16.6 Å². The van der Waals surface area contributed by atoms with E-state index < -0.39 is 0 Å². The Kier molecular flexibility index (Phi) is 4.98. The molecule has 0 spiro atoms. The molecule has 0 unspecified atom stereocenters. The average molecular weight is 420 g/mol. The minimum atomic E-state index is -0.342. The molecule has 8 heteroatoms. The predicted octanol–water partition coefficient (Wildman–Crippen LogP) is 3.80. The second kappa shape index (κ2) is 6.53. The highest BCUT2D eigenvalue weighted by Gasteiger charge is 2.13. The Morgan fingerprint density at radius 3 is 2.70 bits per heavy atom. The number of nitrogens with two attached hydrogens (primary N) is 1. The number of nitrogens with zero attached hydrogens (tertiary/aromatic N) is 1. The normalized spacial score (nSPS) is 10.2. The van der Waals surface area contributed by atoms with Gasteiger partial charge in [0.1, 0.15) is 0 Å². The van der Waals surface area contributed by atoms with Crippen molar-refractivity contribution in [2.45, 2.75) is 0 Å². The van der Waals surface area contributed by atoms with Crippen LogP contribution in [0.4, 0.5) is 11.5 Å². The number of benzene rings is 1. The zero-order valence-corrected chi connectivity index (χ0v) is 13.9. The molecule has 0 aliphatic rings. The molecule has 0 radical (unpaired) electrons. The highest BCUT2D eigenvalue weighted by Crippen LogP contribution is 2.26. The Labute approximate surface area is 137 Å². The van der Waals surface area contributed by atoms with Gasteiger partial charge in [0.15, 0.2) is 5.82 Å². The van der Waals surface area contributed by atoms with Gasteiger partial charge in [-0.05, 0) is 56.1 Å². The zero-order valence-electron chi connectivity index (χ0n) is 9.95. The molecule has 0 aliphatic carbocycles. The van der Waals surface area contributed by atoms with E-state index in [1.807, 2.05) is 0 Å². The van der Waals surface area contributed by atoms with Gasteiger partial charge in [0.25, 0.3) is 5.91 Å². The average Bonchev–Trinajstić information content (AvgIpc) is 2.43. The van der Waals surface area contributed by atoms with Gasteiger partial charge < -0.3 is 10.7 Å². The molecule has 1 aromatic carbocycles. The predicted molar refractivity (Wildman–Crippen MR) is 86.9 cm³/mol. The zero-order chi connectivity index (χ0) is 14.7. The fourth-order valence-corrected chi connectivity index (χ4v) is 2.26. The van der Waals surface area contributed by atoms with Crippen LogP contribution in [-0.4, -0.2) is 10.9 Å². The number of hydrazine groups is 1. The van der Waals surface area contributed by atoms with Crippen LogP contribution in [0.25, 0.3) is 0 Å². The van der Waals surface area contributed by atoms with Gasteiger partial charge in [0, 0.05) is 20.8 Å². The molecule has 0 saturated carbocycles. The molecule has 1 amide bonds. The van der Waals surface area contributed by atoms with E-state index in [2.05, 4.69) is 47.6 Å². The molecule has 0 bridgehead atoms. The lowest BCUT2D eigenvalue weighted by Crippen LogP contribution is -2.18. The number of pyridine rings is 1. The van der Waals surface area contributed by atoms with Crippen LogP contribution >= 0.6 is 43.5 Å². The van der Waals surface area contributed by atoms with Crippen molar-refractivity contribution in [1.29, 1.82) is 0 Å². The van der Waals surface area contributed by atoms with Gasteiger partial charge >= 0.3 is 0 Å². The number of hydrogen-bond acceptors (Lipinski definition) is 4. The van der Waals surface area contributed by atoms with Crippen molar-refractivity contribution in [3.05, 3.63) is 50.0 Å². The molecular weight excluding hydrogens is 411 g/mol. The number of halogens is 3. The monoisotopic (exact) mass is 418 g/mol. The number of hydrogen-bond donors (Lipinski definition) is 3. The van der Waals surface area contributed by atoms with Crippen molar-refractivity contribution in [2.75, 3.05) is 10.7 Å². The summed E-state index contributed by atoms with van der Waals surface area (Å²) in [6.45, 7) is 0. The summed E-state index contributed by atoms with van der Waals surface area (Å²) in [6, 6.07) is 6.75. The maximum atomic E-state index is 12.2. The first kappa shape index (κ1) is 15.2. The Hall–Kier alpha value is -1.15. The molecule has 2 rings (SSSR count). The molecule has 1 heterocycles. The molecule has 2 aromatic rings. The van der Waals surface area contributed by atoms with E-state index in [1.165, 1.54) is 0 Å². The first-order chi connectivity index (χ1) is 9.51. The largest absolute Gasteiger partial charge is 0.322 e. The molecular formula is C12H9Br2ClN4O. The number of nitrogens with one attached hydrogen (secondary N) is 2. The van der Waals surface area contributed by atoms with Crippen LogP contribution in [0.3, 0.4) is 0 Å². The summed E-state index contributed by atoms with van der Waals surface area (Å²) in [5.74, 6) is 5.28. The first-order valence-electron chi connectivity index (χ1n) is 5.40. The quantitative estimate of drug-likeness (QED) is 0.521. The highest BCUT2D eigenvalue weighted by molar-refractivity contribution is 9.10. The van der Waals surface area contributed by atoms with Gasteiger partial charge in [-0.25, -0.2) is 10.8 Å². The molecule has 0 fully saturated rings. The number of aromatic nitrogens is 1. The van der Waals surface area contributed by atoms with Gasteiger partial charge in [-0.2, -0.15) is 0 Å². The van der Waals surface area contributed by atoms with E-state index in [-0.39, 0.29) is 11.7 Å². The van der Waals surface area contributed by atoms with Gasteiger partial charge in [-0.15, -0.1) is 0 Å². The molecule has 0 saturated heterocycles. The van der Waals surface area contributed by atoms with Crippen LogP contribution in [0, 0.1) is 0 Å². The third-order valence-corrected chi connectivity index (χ3v) is 4.08. The second-order valence-corrected chi connectivity index (χ2v) is 5.95. The summed E-state index contributed by atoms with van der Waals surface area (Å²) in [5, 5.41) is 3.23. The minimum absolute atomic E-state index is 0.286. The molecule has 20 heavy (non-hydrogen) atoms. The lowest BCUT2D eigenvalue weighted by atomic mass is 10.2. The van der Waals surface area contributed by atoms with Crippen LogP contribution in [-0.2, 0) is 0 Å². The smallest absolute Gasteiger partial charge is 0.259 e. The number of anilines is 2. The fraction of sp³-hybridized carbons (Fsp3) is 0. The van der Waals surface area contributed by atoms with E-state index in [4.69, 9.17) is 17.4 Å². The van der Waals surface area contributed by atoms with E-state index in [9.17, 15) is 4.79 Å². The Morgan fingerprint density at radius 1 is 1.30 bits per heavy atom. The second-order valence-electron chi connectivity index (χ2n) is 3.78. The number of rotatable bonds is 3. The van der Waals surface area contributed by atoms with E-state index in [0.29, 0.717) is 20.7 Å². The van der Waals surface area contributed by atoms with E-state index >= 15 is 0 Å². The van der Waals surface area contributed by atoms with Crippen LogP contribution in [0.5, 0.6) is 0 Å². The molecule has 1 aromatic heterocycles. The van der Waals surface area contributed by atoms with Crippen LogP contribution in [0.1, 0.15) is 10.4 Å². The standard InChI is InChI=1S/C12H9Br2ClN4O/c13-6-3-8(11(19-16)17-5-6)12(20)18-7-1-2-9(14)10(15)4-7/h1-5H,16H2,(H,17,19)(H,18,20). The van der Waals surface area contributed by atoms with E-state index in [1.54, 1.807) is 30.5 Å². The number of carbonyl (C=O) groups is 1. The fourth-order valence-electron chi connectivity index (χ4n) is 1.50. The third kappa shape index (κ3) is 3.49. The molecule has 4 N–H and O–H groups in total. The summed E-state index contributed by atoms with van der Waals surface area (Å²) >= 11 is 12.5. The third-order valence-electron chi connectivity index (χ3n) is 2.41. The van der Waals surface area contributed by atoms with Gasteiger partial charge in [-0.1, -0.05) is 11.6 Å². The Bertz CT molecular complexity index is 666. The van der Waals surface area contributed by atoms with Crippen molar-refractivity contribution >= 4 is 60.9 Å². The molecule has 104 valence electrons. The summed E-state index contributed by atoms with van der Waals surface area (Å²) in [6.07, 6.45) is 1.54. The van der Waals surface area contributed by atoms with Crippen LogP contribution in [0.15, 0.2) is 39.4 Å². The Morgan fingerprint density at radius 2 is 2.05 bits per heavy atom. The first-order valence-corrected chi connectivity index (χ1v) is 7.36. The van der Waals surface area contributed by atoms with E-state index in [0.717, 1.165) is 4.47 Å². The van der Waals surface area contributed by atoms with Gasteiger partial charge in [0.2, 0.25) is 0 Å². The molecule has 5 nitrogen and oxygen atoms in total. The lowest BCUT2D eigenvalue weighted by molar-refractivity contribution is 0.102. The number of nitrogen functional groups attached to an aromatic ring is 1. The summed E-state index contributed by atoms with van der Waals surface area (Å²) in [5.41, 5.74) is 3.28. The minimum Gasteiger partial charge on any atom is -0.322 e. The van der Waals surface area contributed by atoms with Crippen molar-refractivity contribution in [3.8, 4) is 0 Å². The van der Waals surface area contributed by atoms with Gasteiger partial charge in [-0.3, -0.25) is 4.79 Å². The SMILES string of the molecule is NNc1ncc(Br)cc1C(=O)Nc1ccc(Br)c(Cl)c1. The summed E-state index contributed by atoms with van der Waals surface area (Å²) in [7, 11) is 0. The van der Waals surface area contributed by atoms with Crippen molar-refractivity contribution in [3.63, 3.8) is 0 Å². The van der Waals surface area contributed by atoms with Crippen molar-refractivity contribution < 1.29 is 4.79 Å². The van der Waals surface area contributed by atoms with Crippen LogP contribution in [0.2, 0.25) is 5.02 Å². The summed E-state index contributed by atoms with van der Waals surface area (Å²) in [4.78, 5) is 16.2. The maximum absolute atomic E-state index is 12.2. The van der Waals surface area contributed by atoms with Crippen molar-refractivity contribution in [1.82, 2.24) is 4.98 Å². The number of carbonyl (C=O) groups excluding carboxylic acids is 1. The topological polar surface area (TPSA) is 80.0 Å². The van der Waals surface area contributed by atoms with Gasteiger partial charge in [0.05, 0.1) is 10.6 Å². The van der Waals surface area contributed by atoms with Crippen molar-refractivity contribution in [2.24, 2.45) is 5.84 Å². The Balaban J connectivity index is 2.27.